The summed E-state index contributed by atoms with van der Waals surface area (Å²) in [5.41, 5.74) is -0.644. The molecule has 0 aliphatic heterocycles. The molecular formula is C20H25N3O6S. The van der Waals surface area contributed by atoms with Gasteiger partial charge in [-0.3, -0.25) is 14.3 Å². The van der Waals surface area contributed by atoms with Crippen LogP contribution in [0.3, 0.4) is 0 Å². The molecule has 0 radical (unpaired) electrons. The van der Waals surface area contributed by atoms with Gasteiger partial charge in [0.05, 0.1) is 10.3 Å². The number of aromatic nitrogens is 1. The van der Waals surface area contributed by atoms with Crippen molar-refractivity contribution in [3.05, 3.63) is 36.1 Å². The van der Waals surface area contributed by atoms with Gasteiger partial charge in [-0.15, -0.1) is 0 Å². The topological polar surface area (TPSA) is 139 Å². The normalized spacial score (nSPS) is 16.4. The van der Waals surface area contributed by atoms with Gasteiger partial charge in [-0.1, -0.05) is 30.8 Å². The maximum absolute atomic E-state index is 12.5. The average Bonchev–Trinajstić information content (AvgIpc) is 2.93. The van der Waals surface area contributed by atoms with E-state index in [1.807, 2.05) is 0 Å². The number of carbonyl (C=O) groups excluding carboxylic acids is 1. The molecule has 1 aliphatic rings. The molecule has 1 aromatic carbocycles. The van der Waals surface area contributed by atoms with E-state index in [9.17, 15) is 23.1 Å². The summed E-state index contributed by atoms with van der Waals surface area (Å²) in [6.07, 6.45) is 4.42. The first kappa shape index (κ1) is 21.8. The van der Waals surface area contributed by atoms with Gasteiger partial charge in [0.2, 0.25) is 5.91 Å². The second kappa shape index (κ2) is 8.86. The number of hydrogen-bond acceptors (Lipinski definition) is 6. The van der Waals surface area contributed by atoms with Crippen LogP contribution in [-0.2, 0) is 19.6 Å². The molecule has 10 heteroatoms. The highest BCUT2D eigenvalue weighted by Gasteiger charge is 2.40. The number of carboxylic acids is 1. The minimum absolute atomic E-state index is 0.00748. The van der Waals surface area contributed by atoms with Crippen molar-refractivity contribution in [2.75, 3.05) is 10.0 Å². The summed E-state index contributed by atoms with van der Waals surface area (Å²) < 4.78 is 32.0. The van der Waals surface area contributed by atoms with Crippen LogP contribution in [0, 0.1) is 12.3 Å². The van der Waals surface area contributed by atoms with E-state index >= 15 is 0 Å². The first-order valence-electron chi connectivity index (χ1n) is 9.80. The molecule has 1 heterocycles. The standard InChI is InChI=1S/C20H25N3O6S/c1-14-12-17(22-29-14)23-30(27,28)16-8-6-15(7-9-16)21-18(24)13-20(19(25)26)10-4-2-3-5-11-20/h6-9,12H,2-5,10-11,13H2,1H3,(H,21,24)(H,22,23)(H,25,26). The predicted molar refractivity (Wildman–Crippen MR) is 110 cm³/mol. The molecule has 162 valence electrons. The SMILES string of the molecule is Cc1cc(NS(=O)(=O)c2ccc(NC(=O)CC3(C(=O)O)CCCCCC3)cc2)no1. The molecule has 0 bridgehead atoms. The molecule has 0 unspecified atom stereocenters. The average molecular weight is 436 g/mol. The minimum atomic E-state index is -3.86. The van der Waals surface area contributed by atoms with Crippen LogP contribution in [0.2, 0.25) is 0 Å². The molecule has 9 nitrogen and oxygen atoms in total. The van der Waals surface area contributed by atoms with Gasteiger partial charge in [0.15, 0.2) is 5.82 Å². The Morgan fingerprint density at radius 2 is 1.77 bits per heavy atom. The Balaban J connectivity index is 1.66. The lowest BCUT2D eigenvalue weighted by molar-refractivity contribution is -0.152. The third-order valence-electron chi connectivity index (χ3n) is 5.33. The van der Waals surface area contributed by atoms with Gasteiger partial charge in [-0.25, -0.2) is 8.42 Å². The molecule has 1 saturated carbocycles. The second-order valence-corrected chi connectivity index (χ2v) is 9.36. The molecule has 30 heavy (non-hydrogen) atoms. The van der Waals surface area contributed by atoms with Crippen molar-refractivity contribution in [2.45, 2.75) is 56.8 Å². The zero-order valence-corrected chi connectivity index (χ0v) is 17.5. The lowest BCUT2D eigenvalue weighted by Crippen LogP contribution is -2.35. The number of amides is 1. The van der Waals surface area contributed by atoms with E-state index in [4.69, 9.17) is 4.52 Å². The Kier molecular flexibility index (Phi) is 6.45. The van der Waals surface area contributed by atoms with Gasteiger partial charge in [0, 0.05) is 18.2 Å². The van der Waals surface area contributed by atoms with Gasteiger partial charge in [0.25, 0.3) is 10.0 Å². The first-order valence-corrected chi connectivity index (χ1v) is 11.3. The number of aryl methyl sites for hydroxylation is 1. The number of carbonyl (C=O) groups is 2. The lowest BCUT2D eigenvalue weighted by atomic mass is 9.77. The van der Waals surface area contributed by atoms with Crippen molar-refractivity contribution in [3.8, 4) is 0 Å². The smallest absolute Gasteiger partial charge is 0.310 e. The van der Waals surface area contributed by atoms with Crippen molar-refractivity contribution >= 4 is 33.4 Å². The van der Waals surface area contributed by atoms with Gasteiger partial charge in [-0.05, 0) is 44.0 Å². The third-order valence-corrected chi connectivity index (χ3v) is 6.70. The summed E-state index contributed by atoms with van der Waals surface area (Å²) in [5.74, 6) is -0.785. The minimum Gasteiger partial charge on any atom is -0.481 e. The van der Waals surface area contributed by atoms with Gasteiger partial charge < -0.3 is 14.9 Å². The number of sulfonamides is 1. The molecule has 1 amide bonds. The largest absolute Gasteiger partial charge is 0.481 e. The molecule has 1 aliphatic carbocycles. The summed E-state index contributed by atoms with van der Waals surface area (Å²) >= 11 is 0. The van der Waals surface area contributed by atoms with Gasteiger partial charge >= 0.3 is 5.97 Å². The van der Waals surface area contributed by atoms with Crippen LogP contribution in [0.4, 0.5) is 11.5 Å². The van der Waals surface area contributed by atoms with Crippen molar-refractivity contribution in [2.24, 2.45) is 5.41 Å². The maximum atomic E-state index is 12.5. The van der Waals surface area contributed by atoms with Crippen molar-refractivity contribution < 1.29 is 27.6 Å². The fraction of sp³-hybridized carbons (Fsp3) is 0.450. The zero-order valence-electron chi connectivity index (χ0n) is 16.7. The van der Waals surface area contributed by atoms with E-state index in [2.05, 4.69) is 15.2 Å². The highest BCUT2D eigenvalue weighted by Crippen LogP contribution is 2.38. The number of carboxylic acid groups (broad SMARTS) is 1. The van der Waals surface area contributed by atoms with E-state index in [0.29, 0.717) is 24.3 Å². The van der Waals surface area contributed by atoms with Gasteiger partial charge in [0.1, 0.15) is 5.76 Å². The molecule has 0 atom stereocenters. The molecular weight excluding hydrogens is 410 g/mol. The molecule has 1 aromatic heterocycles. The number of anilines is 2. The van der Waals surface area contributed by atoms with Crippen LogP contribution >= 0.6 is 0 Å². The molecule has 0 saturated heterocycles. The molecule has 3 rings (SSSR count). The number of nitrogens with one attached hydrogen (secondary N) is 2. The summed E-state index contributed by atoms with van der Waals surface area (Å²) in [6.45, 7) is 1.64. The molecule has 2 aromatic rings. The summed E-state index contributed by atoms with van der Waals surface area (Å²) in [6, 6.07) is 7.08. The Morgan fingerprint density at radius 1 is 1.13 bits per heavy atom. The van der Waals surface area contributed by atoms with Crippen LogP contribution in [0.5, 0.6) is 0 Å². The van der Waals surface area contributed by atoms with Crippen LogP contribution < -0.4 is 10.0 Å². The highest BCUT2D eigenvalue weighted by atomic mass is 32.2. The Hall–Kier alpha value is -2.88. The van der Waals surface area contributed by atoms with E-state index in [0.717, 1.165) is 25.7 Å². The maximum Gasteiger partial charge on any atom is 0.310 e. The number of aliphatic carboxylic acids is 1. The Labute approximate surface area is 174 Å². The Bertz CT molecular complexity index is 1010. The molecule has 0 spiro atoms. The number of benzene rings is 1. The lowest BCUT2D eigenvalue weighted by Gasteiger charge is -2.27. The zero-order chi connectivity index (χ0) is 21.8. The molecule has 1 fully saturated rings. The fourth-order valence-corrected chi connectivity index (χ4v) is 4.70. The quantitative estimate of drug-likeness (QED) is 0.565. The van der Waals surface area contributed by atoms with E-state index < -0.39 is 27.3 Å². The predicted octanol–water partition coefficient (Wildman–Crippen LogP) is 3.54. The van der Waals surface area contributed by atoms with Crippen LogP contribution in [0.25, 0.3) is 0 Å². The Morgan fingerprint density at radius 3 is 2.30 bits per heavy atom. The summed E-state index contributed by atoms with van der Waals surface area (Å²) in [5, 5.41) is 16.0. The van der Waals surface area contributed by atoms with Gasteiger partial charge in [-0.2, -0.15) is 0 Å². The van der Waals surface area contributed by atoms with E-state index in [-0.39, 0.29) is 17.1 Å². The molecule has 3 N–H and O–H groups in total. The van der Waals surface area contributed by atoms with E-state index in [1.165, 1.54) is 30.3 Å². The second-order valence-electron chi connectivity index (χ2n) is 7.68. The number of nitrogens with zero attached hydrogens (tertiary/aromatic N) is 1. The number of rotatable bonds is 7. The first-order chi connectivity index (χ1) is 14.2. The highest BCUT2D eigenvalue weighted by molar-refractivity contribution is 7.92. The van der Waals surface area contributed by atoms with E-state index in [1.54, 1.807) is 6.92 Å². The van der Waals surface area contributed by atoms with Crippen molar-refractivity contribution in [1.29, 1.82) is 0 Å². The van der Waals surface area contributed by atoms with Crippen LogP contribution in [0.1, 0.15) is 50.7 Å². The third kappa shape index (κ3) is 5.18. The van der Waals surface area contributed by atoms with Crippen molar-refractivity contribution in [1.82, 2.24) is 5.16 Å². The summed E-state index contributed by atoms with van der Waals surface area (Å²) in [4.78, 5) is 24.4. The summed E-state index contributed by atoms with van der Waals surface area (Å²) in [7, 11) is -3.86. The van der Waals surface area contributed by atoms with Crippen molar-refractivity contribution in [3.63, 3.8) is 0 Å². The monoisotopic (exact) mass is 435 g/mol. The fourth-order valence-electron chi connectivity index (χ4n) is 3.71. The van der Waals surface area contributed by atoms with Crippen LogP contribution in [0.15, 0.2) is 39.8 Å². The number of hydrogen-bond donors (Lipinski definition) is 3. The van der Waals surface area contributed by atoms with Crippen LogP contribution in [-0.4, -0.2) is 30.6 Å².